The number of fused-ring (bicyclic) bond motifs is 1. The molecule has 1 aromatic rings. The average Bonchev–Trinajstić information content (AvgIpc) is 3.08. The van der Waals surface area contributed by atoms with Gasteiger partial charge in [0.15, 0.2) is 5.13 Å². The lowest BCUT2D eigenvalue weighted by Gasteiger charge is -2.27. The Morgan fingerprint density at radius 3 is 2.74 bits per heavy atom. The lowest BCUT2D eigenvalue weighted by molar-refractivity contribution is 0.501. The number of hydrogen-bond acceptors (Lipinski definition) is 4. The van der Waals surface area contributed by atoms with E-state index in [9.17, 15) is 0 Å². The van der Waals surface area contributed by atoms with Gasteiger partial charge in [0, 0.05) is 23.5 Å². The third-order valence-electron chi connectivity index (χ3n) is 4.64. The number of thiazole rings is 1. The predicted molar refractivity (Wildman–Crippen MR) is 82.1 cm³/mol. The zero-order chi connectivity index (χ0) is 13.2. The molecule has 3 rings (SSSR count). The van der Waals surface area contributed by atoms with Crippen molar-refractivity contribution in [3.63, 3.8) is 0 Å². The highest BCUT2D eigenvalue weighted by atomic mass is 32.1. The molecule has 0 bridgehead atoms. The molecule has 1 saturated carbocycles. The number of rotatable bonds is 4. The summed E-state index contributed by atoms with van der Waals surface area (Å²) < 4.78 is 0. The Kier molecular flexibility index (Phi) is 4.08. The van der Waals surface area contributed by atoms with Gasteiger partial charge in [0.1, 0.15) is 0 Å². The monoisotopic (exact) mass is 279 g/mol. The zero-order valence-corrected chi connectivity index (χ0v) is 12.9. The van der Waals surface area contributed by atoms with E-state index >= 15 is 0 Å². The van der Waals surface area contributed by atoms with Crippen LogP contribution in [-0.2, 0) is 6.42 Å². The molecule has 0 aliphatic heterocycles. The Morgan fingerprint density at radius 1 is 1.26 bits per heavy atom. The molecule has 106 valence electrons. The van der Waals surface area contributed by atoms with E-state index in [0.29, 0.717) is 6.04 Å². The summed E-state index contributed by atoms with van der Waals surface area (Å²) in [6.45, 7) is 3.37. The van der Waals surface area contributed by atoms with E-state index in [-0.39, 0.29) is 0 Å². The van der Waals surface area contributed by atoms with Crippen LogP contribution in [0.2, 0.25) is 0 Å². The Labute approximate surface area is 120 Å². The number of aryl methyl sites for hydroxylation is 1. The minimum absolute atomic E-state index is 0.539. The van der Waals surface area contributed by atoms with E-state index in [4.69, 9.17) is 4.98 Å². The van der Waals surface area contributed by atoms with E-state index in [1.54, 1.807) is 0 Å². The van der Waals surface area contributed by atoms with Gasteiger partial charge >= 0.3 is 0 Å². The van der Waals surface area contributed by atoms with Gasteiger partial charge in [-0.25, -0.2) is 4.98 Å². The van der Waals surface area contributed by atoms with Crippen LogP contribution in [0.25, 0.3) is 0 Å². The highest BCUT2D eigenvalue weighted by molar-refractivity contribution is 7.15. The minimum Gasteiger partial charge on any atom is -0.345 e. The van der Waals surface area contributed by atoms with Crippen LogP contribution in [0.1, 0.15) is 62.1 Å². The summed E-state index contributed by atoms with van der Waals surface area (Å²) in [5, 5.41) is 4.73. The van der Waals surface area contributed by atoms with E-state index in [0.717, 1.165) is 12.6 Å². The number of nitrogens with one attached hydrogen (secondary N) is 1. The van der Waals surface area contributed by atoms with Gasteiger partial charge in [-0.3, -0.25) is 0 Å². The quantitative estimate of drug-likeness (QED) is 0.914. The van der Waals surface area contributed by atoms with Gasteiger partial charge in [0.25, 0.3) is 0 Å². The van der Waals surface area contributed by atoms with Crippen molar-refractivity contribution in [1.82, 2.24) is 10.3 Å². The van der Waals surface area contributed by atoms with Crippen LogP contribution in [0, 0.1) is 0 Å². The van der Waals surface area contributed by atoms with Gasteiger partial charge in [0.05, 0.1) is 5.69 Å². The molecule has 4 heteroatoms. The summed E-state index contributed by atoms with van der Waals surface area (Å²) in [5.74, 6) is 0. The Hall–Kier alpha value is -0.610. The highest BCUT2D eigenvalue weighted by Crippen LogP contribution is 2.39. The van der Waals surface area contributed by atoms with Crippen molar-refractivity contribution in [2.24, 2.45) is 0 Å². The molecule has 1 atom stereocenters. The SMILES string of the molecule is CCN(c1nc2c(s1)C(NC)CCC2)C1CCCC1. The fourth-order valence-electron chi connectivity index (χ4n) is 3.57. The second-order valence-corrected chi connectivity index (χ2v) is 6.77. The van der Waals surface area contributed by atoms with Gasteiger partial charge in [-0.05, 0) is 46.1 Å². The first-order chi connectivity index (χ1) is 9.33. The Balaban J connectivity index is 1.86. The molecule has 1 N–H and O–H groups in total. The van der Waals surface area contributed by atoms with Crippen LogP contribution in [0.3, 0.4) is 0 Å². The van der Waals surface area contributed by atoms with Crippen LogP contribution >= 0.6 is 11.3 Å². The van der Waals surface area contributed by atoms with Crippen molar-refractivity contribution in [3.8, 4) is 0 Å². The molecule has 1 heterocycles. The van der Waals surface area contributed by atoms with Crippen LogP contribution in [0.15, 0.2) is 0 Å². The third-order valence-corrected chi connectivity index (χ3v) is 5.89. The molecule has 3 nitrogen and oxygen atoms in total. The fourth-order valence-corrected chi connectivity index (χ4v) is 4.96. The third kappa shape index (κ3) is 2.52. The molecule has 1 aromatic heterocycles. The first-order valence-electron chi connectivity index (χ1n) is 7.77. The molecule has 2 aliphatic carbocycles. The molecule has 19 heavy (non-hydrogen) atoms. The van der Waals surface area contributed by atoms with Gasteiger partial charge in [-0.2, -0.15) is 0 Å². The van der Waals surface area contributed by atoms with E-state index < -0.39 is 0 Å². The van der Waals surface area contributed by atoms with Crippen molar-refractivity contribution in [2.75, 3.05) is 18.5 Å². The second kappa shape index (κ2) is 5.80. The van der Waals surface area contributed by atoms with Crippen molar-refractivity contribution < 1.29 is 0 Å². The summed E-state index contributed by atoms with van der Waals surface area (Å²) >= 11 is 1.94. The number of nitrogens with zero attached hydrogens (tertiary/aromatic N) is 2. The Morgan fingerprint density at radius 2 is 2.05 bits per heavy atom. The van der Waals surface area contributed by atoms with Crippen molar-refractivity contribution >= 4 is 16.5 Å². The van der Waals surface area contributed by atoms with Crippen LogP contribution in [0.5, 0.6) is 0 Å². The van der Waals surface area contributed by atoms with Gasteiger partial charge < -0.3 is 10.2 Å². The average molecular weight is 279 g/mol. The largest absolute Gasteiger partial charge is 0.345 e. The normalized spacial score (nSPS) is 23.6. The van der Waals surface area contributed by atoms with Crippen molar-refractivity contribution in [2.45, 2.75) is 64.0 Å². The smallest absolute Gasteiger partial charge is 0.186 e. The predicted octanol–water partition coefficient (Wildman–Crippen LogP) is 3.51. The van der Waals surface area contributed by atoms with E-state index in [2.05, 4.69) is 24.2 Å². The maximum Gasteiger partial charge on any atom is 0.186 e. The zero-order valence-electron chi connectivity index (χ0n) is 12.1. The highest BCUT2D eigenvalue weighted by Gasteiger charge is 2.28. The van der Waals surface area contributed by atoms with Crippen LogP contribution in [-0.4, -0.2) is 24.6 Å². The van der Waals surface area contributed by atoms with Crippen LogP contribution in [0.4, 0.5) is 5.13 Å². The second-order valence-electron chi connectivity index (χ2n) is 5.77. The minimum atomic E-state index is 0.539. The molecule has 0 spiro atoms. The summed E-state index contributed by atoms with van der Waals surface area (Å²) in [5.41, 5.74) is 1.36. The molecule has 1 fully saturated rings. The molecular weight excluding hydrogens is 254 g/mol. The molecule has 1 unspecified atom stereocenters. The van der Waals surface area contributed by atoms with Crippen LogP contribution < -0.4 is 10.2 Å². The maximum absolute atomic E-state index is 4.97. The summed E-state index contributed by atoms with van der Waals surface area (Å²) in [4.78, 5) is 9.03. The van der Waals surface area contributed by atoms with Gasteiger partial charge in [-0.1, -0.05) is 24.2 Å². The number of hydrogen-bond donors (Lipinski definition) is 1. The van der Waals surface area contributed by atoms with E-state index in [1.807, 2.05) is 11.3 Å². The Bertz CT molecular complexity index is 423. The standard InChI is InChI=1S/C15H25N3S/c1-3-18(11-7-4-5-8-11)15-17-13-10-6-9-12(16-2)14(13)19-15/h11-12,16H,3-10H2,1-2H3. The summed E-state index contributed by atoms with van der Waals surface area (Å²) in [7, 11) is 2.08. The maximum atomic E-state index is 4.97. The lowest BCUT2D eigenvalue weighted by atomic mass is 9.98. The lowest BCUT2D eigenvalue weighted by Crippen LogP contribution is -2.32. The molecule has 2 aliphatic rings. The first kappa shape index (κ1) is 13.4. The molecule has 0 amide bonds. The molecule has 0 aromatic carbocycles. The van der Waals surface area contributed by atoms with Gasteiger partial charge in [-0.15, -0.1) is 0 Å². The van der Waals surface area contributed by atoms with Crippen molar-refractivity contribution in [3.05, 3.63) is 10.6 Å². The molecular formula is C15H25N3S. The number of aromatic nitrogens is 1. The first-order valence-corrected chi connectivity index (χ1v) is 8.58. The molecule has 0 radical (unpaired) electrons. The van der Waals surface area contributed by atoms with Crippen molar-refractivity contribution in [1.29, 1.82) is 0 Å². The summed E-state index contributed by atoms with van der Waals surface area (Å²) in [6.07, 6.45) is 9.21. The molecule has 0 saturated heterocycles. The topological polar surface area (TPSA) is 28.2 Å². The fraction of sp³-hybridized carbons (Fsp3) is 0.800. The van der Waals surface area contributed by atoms with Gasteiger partial charge in [0.2, 0.25) is 0 Å². The summed E-state index contributed by atoms with van der Waals surface area (Å²) in [6, 6.07) is 1.28. The number of anilines is 1. The van der Waals surface area contributed by atoms with E-state index in [1.165, 1.54) is 60.6 Å².